The summed E-state index contributed by atoms with van der Waals surface area (Å²) in [7, 11) is 2.09. The molecule has 3 atom stereocenters. The van der Waals surface area contributed by atoms with Crippen LogP contribution in [0.1, 0.15) is 47.3 Å². The SMILES string of the molecule is Cc1cc(OCc2cccnc2)c(C)c2c1CCC([C@H](C)C(=O)N1CCN(C)CC1)[C@H]2O. The summed E-state index contributed by atoms with van der Waals surface area (Å²) in [6.45, 7) is 9.88. The summed E-state index contributed by atoms with van der Waals surface area (Å²) < 4.78 is 6.14. The van der Waals surface area contributed by atoms with Gasteiger partial charge < -0.3 is 19.6 Å². The summed E-state index contributed by atoms with van der Waals surface area (Å²) in [5.74, 6) is 0.675. The highest BCUT2D eigenvalue weighted by molar-refractivity contribution is 5.79. The molecule has 1 aromatic heterocycles. The van der Waals surface area contributed by atoms with Gasteiger partial charge in [0.05, 0.1) is 6.10 Å². The number of pyridine rings is 1. The molecule has 6 nitrogen and oxygen atoms in total. The molecule has 2 aliphatic rings. The smallest absolute Gasteiger partial charge is 0.225 e. The molecule has 1 saturated heterocycles. The van der Waals surface area contributed by atoms with E-state index in [0.29, 0.717) is 6.61 Å². The average molecular weight is 438 g/mol. The fourth-order valence-corrected chi connectivity index (χ4v) is 5.19. The first-order valence-corrected chi connectivity index (χ1v) is 11.7. The van der Waals surface area contributed by atoms with Gasteiger partial charge in [0.25, 0.3) is 0 Å². The van der Waals surface area contributed by atoms with E-state index >= 15 is 0 Å². The number of fused-ring (bicyclic) bond motifs is 1. The number of amides is 1. The van der Waals surface area contributed by atoms with E-state index < -0.39 is 6.10 Å². The lowest BCUT2D eigenvalue weighted by Crippen LogP contribution is -2.50. The van der Waals surface area contributed by atoms with Crippen molar-refractivity contribution in [3.63, 3.8) is 0 Å². The monoisotopic (exact) mass is 437 g/mol. The Kier molecular flexibility index (Phi) is 6.82. The molecule has 2 heterocycles. The van der Waals surface area contributed by atoms with Crippen molar-refractivity contribution in [3.05, 3.63) is 58.4 Å². The van der Waals surface area contributed by atoms with Gasteiger partial charge in [-0.25, -0.2) is 0 Å². The standard InChI is InChI=1S/C26H35N3O3/c1-17-14-23(32-16-20-6-5-9-27-15-20)19(3)24-21(17)7-8-22(25(24)30)18(2)26(31)29-12-10-28(4)11-13-29/h5-6,9,14-15,18,22,25,30H,7-8,10-13,16H2,1-4H3/t18-,22?,25+/m0/s1. The van der Waals surface area contributed by atoms with Gasteiger partial charge in [-0.2, -0.15) is 0 Å². The normalized spacial score (nSPS) is 22.3. The first-order valence-electron chi connectivity index (χ1n) is 11.7. The topological polar surface area (TPSA) is 65.9 Å². The highest BCUT2D eigenvalue weighted by Crippen LogP contribution is 2.44. The Hall–Kier alpha value is -2.44. The number of likely N-dealkylation sites (N-methyl/N-ethyl adjacent to an activating group) is 1. The highest BCUT2D eigenvalue weighted by Gasteiger charge is 2.38. The van der Waals surface area contributed by atoms with Crippen molar-refractivity contribution in [2.45, 2.75) is 46.3 Å². The van der Waals surface area contributed by atoms with Crippen molar-refractivity contribution in [1.82, 2.24) is 14.8 Å². The number of ether oxygens (including phenoxy) is 1. The molecule has 0 radical (unpaired) electrons. The van der Waals surface area contributed by atoms with E-state index in [0.717, 1.165) is 67.0 Å². The van der Waals surface area contributed by atoms with Crippen molar-refractivity contribution in [2.75, 3.05) is 33.2 Å². The van der Waals surface area contributed by atoms with Crippen LogP contribution in [0.4, 0.5) is 0 Å². The van der Waals surface area contributed by atoms with Crippen LogP contribution in [0.3, 0.4) is 0 Å². The van der Waals surface area contributed by atoms with Crippen LogP contribution in [-0.2, 0) is 17.8 Å². The Balaban J connectivity index is 1.53. The maximum Gasteiger partial charge on any atom is 0.225 e. The predicted molar refractivity (Wildman–Crippen MR) is 124 cm³/mol. The van der Waals surface area contributed by atoms with Crippen molar-refractivity contribution < 1.29 is 14.6 Å². The van der Waals surface area contributed by atoms with Crippen LogP contribution in [-0.4, -0.2) is 59.0 Å². The molecule has 0 bridgehead atoms. The van der Waals surface area contributed by atoms with Gasteiger partial charge in [-0.1, -0.05) is 13.0 Å². The Morgan fingerprint density at radius 1 is 1.28 bits per heavy atom. The molecule has 0 spiro atoms. The Morgan fingerprint density at radius 2 is 2.03 bits per heavy atom. The number of carbonyl (C=O) groups excluding carboxylic acids is 1. The minimum Gasteiger partial charge on any atom is -0.489 e. The number of hydrogen-bond acceptors (Lipinski definition) is 5. The number of hydrogen-bond donors (Lipinski definition) is 1. The Labute approximate surface area is 191 Å². The molecule has 172 valence electrons. The van der Waals surface area contributed by atoms with Crippen molar-refractivity contribution >= 4 is 5.91 Å². The van der Waals surface area contributed by atoms with Crippen LogP contribution in [0.15, 0.2) is 30.6 Å². The third kappa shape index (κ3) is 4.52. The second kappa shape index (κ2) is 9.59. The van der Waals surface area contributed by atoms with Crippen molar-refractivity contribution in [3.8, 4) is 5.75 Å². The number of rotatable bonds is 5. The van der Waals surface area contributed by atoms with Gasteiger partial charge in [0, 0.05) is 56.0 Å². The van der Waals surface area contributed by atoms with E-state index in [4.69, 9.17) is 4.74 Å². The molecule has 1 amide bonds. The Bertz CT molecular complexity index is 955. The third-order valence-electron chi connectivity index (χ3n) is 7.32. The quantitative estimate of drug-likeness (QED) is 0.778. The van der Waals surface area contributed by atoms with Crippen LogP contribution in [0.2, 0.25) is 0 Å². The fraction of sp³-hybridized carbons (Fsp3) is 0.538. The lowest BCUT2D eigenvalue weighted by atomic mass is 9.72. The average Bonchev–Trinajstić information content (AvgIpc) is 2.80. The minimum absolute atomic E-state index is 0.0821. The van der Waals surface area contributed by atoms with Crippen LogP contribution in [0, 0.1) is 25.7 Å². The first-order chi connectivity index (χ1) is 15.4. The molecule has 1 aromatic carbocycles. The molecule has 1 fully saturated rings. The number of aromatic nitrogens is 1. The summed E-state index contributed by atoms with van der Waals surface area (Å²) in [5.41, 5.74) is 5.29. The van der Waals surface area contributed by atoms with E-state index in [-0.39, 0.29) is 17.7 Å². The summed E-state index contributed by atoms with van der Waals surface area (Å²) in [6.07, 6.45) is 4.60. The predicted octanol–water partition coefficient (Wildman–Crippen LogP) is 3.28. The molecule has 1 N–H and O–H groups in total. The minimum atomic E-state index is -0.661. The maximum absolute atomic E-state index is 13.2. The summed E-state index contributed by atoms with van der Waals surface area (Å²) in [4.78, 5) is 21.6. The third-order valence-corrected chi connectivity index (χ3v) is 7.32. The number of benzene rings is 1. The van der Waals surface area contributed by atoms with Crippen LogP contribution < -0.4 is 4.74 Å². The number of aryl methyl sites for hydroxylation is 1. The zero-order valence-electron chi connectivity index (χ0n) is 19.7. The second-order valence-corrected chi connectivity index (χ2v) is 9.42. The summed E-state index contributed by atoms with van der Waals surface area (Å²) in [5, 5.41) is 11.5. The van der Waals surface area contributed by atoms with Crippen LogP contribution in [0.25, 0.3) is 0 Å². The largest absolute Gasteiger partial charge is 0.489 e. The molecule has 0 saturated carbocycles. The van der Waals surface area contributed by atoms with Crippen molar-refractivity contribution in [1.29, 1.82) is 0 Å². The van der Waals surface area contributed by atoms with E-state index in [1.807, 2.05) is 30.9 Å². The maximum atomic E-state index is 13.2. The van der Waals surface area contributed by atoms with Gasteiger partial charge in [-0.05, 0) is 68.1 Å². The van der Waals surface area contributed by atoms with Crippen LogP contribution in [0.5, 0.6) is 5.75 Å². The number of nitrogens with zero attached hydrogens (tertiary/aromatic N) is 3. The first kappa shape index (κ1) is 22.7. The van der Waals surface area contributed by atoms with Gasteiger partial charge in [0.15, 0.2) is 0 Å². The van der Waals surface area contributed by atoms with Gasteiger partial charge in [0.2, 0.25) is 5.91 Å². The Morgan fingerprint density at radius 3 is 2.72 bits per heavy atom. The van der Waals surface area contributed by atoms with Gasteiger partial charge in [-0.15, -0.1) is 0 Å². The number of piperazine rings is 1. The molecule has 1 unspecified atom stereocenters. The van der Waals surface area contributed by atoms with E-state index in [9.17, 15) is 9.90 Å². The van der Waals surface area contributed by atoms with Gasteiger partial charge in [-0.3, -0.25) is 9.78 Å². The van der Waals surface area contributed by atoms with E-state index in [1.54, 1.807) is 12.4 Å². The highest BCUT2D eigenvalue weighted by atomic mass is 16.5. The summed E-state index contributed by atoms with van der Waals surface area (Å²) >= 11 is 0. The molecule has 4 rings (SSSR count). The number of carbonyl (C=O) groups is 1. The van der Waals surface area contributed by atoms with E-state index in [1.165, 1.54) is 5.56 Å². The van der Waals surface area contributed by atoms with Gasteiger partial charge >= 0.3 is 0 Å². The molecule has 6 heteroatoms. The zero-order chi connectivity index (χ0) is 22.8. The van der Waals surface area contributed by atoms with Crippen LogP contribution >= 0.6 is 0 Å². The fourth-order valence-electron chi connectivity index (χ4n) is 5.19. The molecular weight excluding hydrogens is 402 g/mol. The van der Waals surface area contributed by atoms with Crippen molar-refractivity contribution in [2.24, 2.45) is 11.8 Å². The number of aliphatic hydroxyl groups excluding tert-OH is 1. The van der Waals surface area contributed by atoms with E-state index in [2.05, 4.69) is 29.9 Å². The zero-order valence-corrected chi connectivity index (χ0v) is 19.7. The lowest BCUT2D eigenvalue weighted by Gasteiger charge is -2.39. The lowest BCUT2D eigenvalue weighted by molar-refractivity contribution is -0.140. The molecular formula is C26H35N3O3. The molecule has 1 aliphatic carbocycles. The second-order valence-electron chi connectivity index (χ2n) is 9.42. The van der Waals surface area contributed by atoms with Gasteiger partial charge in [0.1, 0.15) is 12.4 Å². The summed E-state index contributed by atoms with van der Waals surface area (Å²) in [6, 6.07) is 5.97. The molecule has 32 heavy (non-hydrogen) atoms. The molecule has 2 aromatic rings. The number of aliphatic hydroxyl groups is 1. The molecule has 1 aliphatic heterocycles.